The SMILES string of the molecule is COc1ccc(Nc2nc(NNC(=O)c3ccc(Cl)cc3)nc(Nc3ccc(C)cc3)n2)cc1. The second-order valence-electron chi connectivity index (χ2n) is 7.24. The number of aryl methyl sites for hydroxylation is 1. The fourth-order valence-corrected chi connectivity index (χ4v) is 3.03. The van der Waals surface area contributed by atoms with Crippen LogP contribution < -0.4 is 26.2 Å². The van der Waals surface area contributed by atoms with E-state index in [1.807, 2.05) is 55.5 Å². The first kappa shape index (κ1) is 22.8. The van der Waals surface area contributed by atoms with E-state index >= 15 is 0 Å². The summed E-state index contributed by atoms with van der Waals surface area (Å²) in [6.45, 7) is 2.01. The minimum Gasteiger partial charge on any atom is -0.497 e. The fourth-order valence-electron chi connectivity index (χ4n) is 2.90. The van der Waals surface area contributed by atoms with Crippen molar-refractivity contribution in [3.05, 3.63) is 88.9 Å². The van der Waals surface area contributed by atoms with Crippen molar-refractivity contribution in [2.45, 2.75) is 6.92 Å². The number of carbonyl (C=O) groups excluding carboxylic acids is 1. The number of nitrogens with one attached hydrogen (secondary N) is 4. The minimum absolute atomic E-state index is 0.142. The highest BCUT2D eigenvalue weighted by Gasteiger charge is 2.10. The van der Waals surface area contributed by atoms with Crippen molar-refractivity contribution in [3.8, 4) is 5.75 Å². The third-order valence-corrected chi connectivity index (χ3v) is 4.94. The summed E-state index contributed by atoms with van der Waals surface area (Å²) in [5.74, 6) is 1.07. The van der Waals surface area contributed by atoms with Crippen molar-refractivity contribution >= 4 is 46.7 Å². The minimum atomic E-state index is -0.366. The molecule has 3 aromatic carbocycles. The van der Waals surface area contributed by atoms with Gasteiger partial charge in [0.1, 0.15) is 5.75 Å². The van der Waals surface area contributed by atoms with Crippen LogP contribution >= 0.6 is 11.6 Å². The Hall–Kier alpha value is -4.37. The van der Waals surface area contributed by atoms with E-state index in [0.29, 0.717) is 10.6 Å². The normalized spacial score (nSPS) is 10.3. The second-order valence-corrected chi connectivity index (χ2v) is 7.67. The van der Waals surface area contributed by atoms with Crippen molar-refractivity contribution in [2.24, 2.45) is 0 Å². The van der Waals surface area contributed by atoms with Crippen molar-refractivity contribution in [3.63, 3.8) is 0 Å². The number of rotatable bonds is 8. The van der Waals surface area contributed by atoms with Crippen LogP contribution in [0.1, 0.15) is 15.9 Å². The Labute approximate surface area is 201 Å². The number of halogens is 1. The van der Waals surface area contributed by atoms with Gasteiger partial charge in [-0.15, -0.1) is 0 Å². The molecule has 34 heavy (non-hydrogen) atoms. The van der Waals surface area contributed by atoms with Gasteiger partial charge in [0.2, 0.25) is 17.8 Å². The Kier molecular flexibility index (Phi) is 7.04. The number of methoxy groups -OCH3 is 1. The lowest BCUT2D eigenvalue weighted by Gasteiger charge is -2.12. The molecule has 0 aliphatic carbocycles. The quantitative estimate of drug-likeness (QED) is 0.261. The van der Waals surface area contributed by atoms with E-state index in [4.69, 9.17) is 16.3 Å². The Morgan fingerprint density at radius 2 is 1.29 bits per heavy atom. The molecule has 0 atom stereocenters. The van der Waals surface area contributed by atoms with E-state index in [0.717, 1.165) is 22.7 Å². The van der Waals surface area contributed by atoms with Crippen LogP contribution in [0.5, 0.6) is 5.75 Å². The average molecular weight is 476 g/mol. The molecule has 10 heteroatoms. The molecular formula is C24H22ClN7O2. The Balaban J connectivity index is 1.55. The molecule has 9 nitrogen and oxygen atoms in total. The summed E-state index contributed by atoms with van der Waals surface area (Å²) < 4.78 is 5.19. The summed E-state index contributed by atoms with van der Waals surface area (Å²) in [6, 6.07) is 21.6. The number of benzene rings is 3. The van der Waals surface area contributed by atoms with Gasteiger partial charge in [0, 0.05) is 22.0 Å². The van der Waals surface area contributed by atoms with Crippen LogP contribution in [0.25, 0.3) is 0 Å². The first-order valence-corrected chi connectivity index (χ1v) is 10.7. The highest BCUT2D eigenvalue weighted by molar-refractivity contribution is 6.30. The van der Waals surface area contributed by atoms with Crippen LogP contribution in [0.2, 0.25) is 5.02 Å². The number of nitrogens with zero attached hydrogens (tertiary/aromatic N) is 3. The van der Waals surface area contributed by atoms with Gasteiger partial charge in [-0.3, -0.25) is 15.6 Å². The molecule has 0 saturated carbocycles. The van der Waals surface area contributed by atoms with Crippen LogP contribution in [0.3, 0.4) is 0 Å². The van der Waals surface area contributed by atoms with Crippen molar-refractivity contribution in [1.82, 2.24) is 20.4 Å². The van der Waals surface area contributed by atoms with Crippen LogP contribution in [-0.2, 0) is 0 Å². The topological polar surface area (TPSA) is 113 Å². The average Bonchev–Trinajstić information content (AvgIpc) is 2.85. The third kappa shape index (κ3) is 6.11. The maximum Gasteiger partial charge on any atom is 0.269 e. The van der Waals surface area contributed by atoms with E-state index in [9.17, 15) is 4.79 Å². The molecule has 0 bridgehead atoms. The zero-order valence-electron chi connectivity index (χ0n) is 18.5. The highest BCUT2D eigenvalue weighted by Crippen LogP contribution is 2.21. The van der Waals surface area contributed by atoms with Gasteiger partial charge < -0.3 is 15.4 Å². The van der Waals surface area contributed by atoms with Crippen molar-refractivity contribution in [2.75, 3.05) is 23.2 Å². The summed E-state index contributed by atoms with van der Waals surface area (Å²) in [5.41, 5.74) is 8.45. The third-order valence-electron chi connectivity index (χ3n) is 4.68. The lowest BCUT2D eigenvalue weighted by atomic mass is 10.2. The van der Waals surface area contributed by atoms with Crippen molar-refractivity contribution in [1.29, 1.82) is 0 Å². The number of aromatic nitrogens is 3. The number of carbonyl (C=O) groups is 1. The molecule has 0 fully saturated rings. The smallest absolute Gasteiger partial charge is 0.269 e. The molecule has 0 radical (unpaired) electrons. The summed E-state index contributed by atoms with van der Waals surface area (Å²) >= 11 is 5.89. The van der Waals surface area contributed by atoms with Gasteiger partial charge in [0.05, 0.1) is 7.11 Å². The molecule has 0 aliphatic heterocycles. The number of ether oxygens (including phenoxy) is 1. The van der Waals surface area contributed by atoms with E-state index in [2.05, 4.69) is 36.4 Å². The lowest BCUT2D eigenvalue weighted by Crippen LogP contribution is -2.30. The second kappa shape index (κ2) is 10.5. The maximum atomic E-state index is 12.4. The summed E-state index contributed by atoms with van der Waals surface area (Å²) in [4.78, 5) is 25.6. The van der Waals surface area contributed by atoms with Crippen LogP contribution in [0.4, 0.5) is 29.2 Å². The van der Waals surface area contributed by atoms with Gasteiger partial charge in [-0.05, 0) is 67.6 Å². The molecule has 0 aliphatic rings. The van der Waals surface area contributed by atoms with Crippen molar-refractivity contribution < 1.29 is 9.53 Å². The van der Waals surface area contributed by atoms with Crippen LogP contribution in [-0.4, -0.2) is 28.0 Å². The molecule has 4 aromatic rings. The van der Waals surface area contributed by atoms with Gasteiger partial charge >= 0.3 is 0 Å². The van der Waals surface area contributed by atoms with Gasteiger partial charge in [-0.1, -0.05) is 29.3 Å². The van der Waals surface area contributed by atoms with Gasteiger partial charge in [0.25, 0.3) is 5.91 Å². The first-order chi connectivity index (χ1) is 16.5. The molecule has 0 spiro atoms. The van der Waals surface area contributed by atoms with E-state index < -0.39 is 0 Å². The molecule has 172 valence electrons. The Morgan fingerprint density at radius 3 is 1.85 bits per heavy atom. The van der Waals surface area contributed by atoms with E-state index in [-0.39, 0.29) is 23.8 Å². The van der Waals surface area contributed by atoms with E-state index in [1.54, 1.807) is 31.4 Å². The number of anilines is 5. The van der Waals surface area contributed by atoms with Gasteiger partial charge in [-0.2, -0.15) is 15.0 Å². The van der Waals surface area contributed by atoms with Crippen LogP contribution in [0.15, 0.2) is 72.8 Å². The zero-order valence-corrected chi connectivity index (χ0v) is 19.2. The number of amides is 1. The highest BCUT2D eigenvalue weighted by atomic mass is 35.5. The predicted molar refractivity (Wildman–Crippen MR) is 133 cm³/mol. The van der Waals surface area contributed by atoms with Crippen LogP contribution in [0, 0.1) is 6.92 Å². The fraction of sp³-hybridized carbons (Fsp3) is 0.0833. The number of hydrazine groups is 1. The predicted octanol–water partition coefficient (Wildman–Crippen LogP) is 5.09. The molecule has 0 unspecified atom stereocenters. The molecule has 1 amide bonds. The lowest BCUT2D eigenvalue weighted by molar-refractivity contribution is 0.0962. The molecule has 1 heterocycles. The molecule has 4 N–H and O–H groups in total. The molecule has 0 saturated heterocycles. The monoisotopic (exact) mass is 475 g/mol. The first-order valence-electron chi connectivity index (χ1n) is 10.3. The van der Waals surface area contributed by atoms with Gasteiger partial charge in [0.15, 0.2) is 0 Å². The Bertz CT molecular complexity index is 1260. The molecular weight excluding hydrogens is 454 g/mol. The number of hydrogen-bond acceptors (Lipinski definition) is 8. The zero-order chi connectivity index (χ0) is 23.9. The Morgan fingerprint density at radius 1 is 0.765 bits per heavy atom. The largest absolute Gasteiger partial charge is 0.497 e. The van der Waals surface area contributed by atoms with E-state index in [1.165, 1.54) is 0 Å². The summed E-state index contributed by atoms with van der Waals surface area (Å²) in [6.07, 6.45) is 0. The maximum absolute atomic E-state index is 12.4. The summed E-state index contributed by atoms with van der Waals surface area (Å²) in [7, 11) is 1.60. The molecule has 1 aromatic heterocycles. The standard InChI is InChI=1S/C24H22ClN7O2/c1-15-3-9-18(10-4-15)26-22-28-23(27-19-11-13-20(34-2)14-12-19)30-24(29-22)32-31-21(33)16-5-7-17(25)8-6-16/h3-14H,1-2H3,(H,31,33)(H3,26,27,28,29,30,32). The van der Waals surface area contributed by atoms with Gasteiger partial charge in [-0.25, -0.2) is 0 Å². The summed E-state index contributed by atoms with van der Waals surface area (Å²) in [5, 5.41) is 6.83. The molecule has 4 rings (SSSR count). The number of hydrogen-bond donors (Lipinski definition) is 4.